The van der Waals surface area contributed by atoms with Gasteiger partial charge in [-0.1, -0.05) is 26.8 Å². The highest BCUT2D eigenvalue weighted by Gasteiger charge is 2.06. The predicted molar refractivity (Wildman–Crippen MR) is 72.9 cm³/mol. The van der Waals surface area contributed by atoms with Gasteiger partial charge in [0.25, 0.3) is 0 Å². The summed E-state index contributed by atoms with van der Waals surface area (Å²) >= 11 is 0. The Labute approximate surface area is 110 Å². The van der Waals surface area contributed by atoms with Crippen molar-refractivity contribution < 1.29 is 9.13 Å². The quantitative estimate of drug-likeness (QED) is 0.801. The Morgan fingerprint density at radius 3 is 2.61 bits per heavy atom. The molecule has 0 amide bonds. The summed E-state index contributed by atoms with van der Waals surface area (Å²) in [7, 11) is 0. The molecule has 1 unspecified atom stereocenters. The minimum atomic E-state index is -0.188. The van der Waals surface area contributed by atoms with Gasteiger partial charge in [0.15, 0.2) is 0 Å². The fourth-order valence-corrected chi connectivity index (χ4v) is 1.52. The van der Waals surface area contributed by atoms with Gasteiger partial charge in [0.1, 0.15) is 5.82 Å². The number of rotatable bonds is 7. The third-order valence-electron chi connectivity index (χ3n) is 2.92. The van der Waals surface area contributed by atoms with E-state index in [0.717, 1.165) is 18.5 Å². The van der Waals surface area contributed by atoms with E-state index in [0.29, 0.717) is 18.2 Å². The first-order chi connectivity index (χ1) is 8.52. The number of nitrogens with one attached hydrogen (secondary N) is 1. The molecule has 0 radical (unpaired) electrons. The highest BCUT2D eigenvalue weighted by Crippen LogP contribution is 2.13. The van der Waals surface area contributed by atoms with Gasteiger partial charge in [0.05, 0.1) is 12.7 Å². The molecule has 0 aliphatic rings. The maximum Gasteiger partial charge on any atom is 0.128 e. The van der Waals surface area contributed by atoms with Gasteiger partial charge in [-0.05, 0) is 31.0 Å². The monoisotopic (exact) mass is 253 g/mol. The van der Waals surface area contributed by atoms with Crippen molar-refractivity contribution in [2.24, 2.45) is 0 Å². The molecule has 0 saturated heterocycles. The highest BCUT2D eigenvalue weighted by atomic mass is 19.1. The summed E-state index contributed by atoms with van der Waals surface area (Å²) in [5, 5.41) is 3.32. The fraction of sp³-hybridized carbons (Fsp3) is 0.600. The van der Waals surface area contributed by atoms with Crippen LogP contribution in [0, 0.1) is 5.82 Å². The second kappa shape index (κ2) is 7.49. The smallest absolute Gasteiger partial charge is 0.128 e. The van der Waals surface area contributed by atoms with Crippen LogP contribution >= 0.6 is 0 Å². The van der Waals surface area contributed by atoms with Crippen LogP contribution in [-0.2, 0) is 17.9 Å². The van der Waals surface area contributed by atoms with Gasteiger partial charge in [-0.2, -0.15) is 0 Å². The Morgan fingerprint density at radius 2 is 2.00 bits per heavy atom. The van der Waals surface area contributed by atoms with Crippen molar-refractivity contribution in [3.05, 3.63) is 35.1 Å². The molecule has 0 spiro atoms. The molecule has 0 heterocycles. The van der Waals surface area contributed by atoms with Gasteiger partial charge in [0, 0.05) is 18.2 Å². The SMILES string of the molecule is CCC(C)OCc1cc(CNC(C)C)ccc1F. The molecular formula is C15H24FNO. The van der Waals surface area contributed by atoms with E-state index in [9.17, 15) is 4.39 Å². The van der Waals surface area contributed by atoms with Crippen LogP contribution in [0.25, 0.3) is 0 Å². The maximum atomic E-state index is 13.6. The van der Waals surface area contributed by atoms with Crippen LogP contribution in [0.15, 0.2) is 18.2 Å². The van der Waals surface area contributed by atoms with Crippen molar-refractivity contribution in [1.29, 1.82) is 0 Å². The largest absolute Gasteiger partial charge is 0.374 e. The van der Waals surface area contributed by atoms with Crippen LogP contribution in [0.5, 0.6) is 0 Å². The number of hydrogen-bond acceptors (Lipinski definition) is 2. The summed E-state index contributed by atoms with van der Waals surface area (Å²) in [6, 6.07) is 5.65. The zero-order valence-electron chi connectivity index (χ0n) is 11.8. The summed E-state index contributed by atoms with van der Waals surface area (Å²) in [4.78, 5) is 0. The second-order valence-corrected chi connectivity index (χ2v) is 4.99. The topological polar surface area (TPSA) is 21.3 Å². The van der Waals surface area contributed by atoms with E-state index in [1.54, 1.807) is 0 Å². The van der Waals surface area contributed by atoms with E-state index in [1.165, 1.54) is 6.07 Å². The van der Waals surface area contributed by atoms with Gasteiger partial charge >= 0.3 is 0 Å². The van der Waals surface area contributed by atoms with Gasteiger partial charge < -0.3 is 10.1 Å². The van der Waals surface area contributed by atoms with E-state index < -0.39 is 0 Å². The van der Waals surface area contributed by atoms with E-state index in [-0.39, 0.29) is 11.9 Å². The number of ether oxygens (including phenoxy) is 1. The highest BCUT2D eigenvalue weighted by molar-refractivity contribution is 5.24. The first-order valence-corrected chi connectivity index (χ1v) is 6.65. The lowest BCUT2D eigenvalue weighted by Gasteiger charge is -2.13. The van der Waals surface area contributed by atoms with Crippen molar-refractivity contribution in [3.63, 3.8) is 0 Å². The van der Waals surface area contributed by atoms with Gasteiger partial charge in [-0.3, -0.25) is 0 Å². The Hall–Kier alpha value is -0.930. The number of benzene rings is 1. The van der Waals surface area contributed by atoms with Crippen LogP contribution in [0.1, 0.15) is 45.2 Å². The Balaban J connectivity index is 2.63. The minimum absolute atomic E-state index is 0.168. The lowest BCUT2D eigenvalue weighted by Crippen LogP contribution is -2.22. The van der Waals surface area contributed by atoms with E-state index in [4.69, 9.17) is 4.74 Å². The third-order valence-corrected chi connectivity index (χ3v) is 2.92. The standard InChI is InChI=1S/C15H24FNO/c1-5-12(4)18-10-14-8-13(6-7-15(14)16)9-17-11(2)3/h6-8,11-12,17H,5,9-10H2,1-4H3. The van der Waals surface area contributed by atoms with Crippen molar-refractivity contribution >= 4 is 0 Å². The second-order valence-electron chi connectivity index (χ2n) is 4.99. The van der Waals surface area contributed by atoms with Crippen LogP contribution in [-0.4, -0.2) is 12.1 Å². The molecule has 0 aliphatic heterocycles. The van der Waals surface area contributed by atoms with E-state index in [2.05, 4.69) is 26.1 Å². The Morgan fingerprint density at radius 1 is 1.28 bits per heavy atom. The van der Waals surface area contributed by atoms with Crippen LogP contribution in [0.4, 0.5) is 4.39 Å². The molecule has 1 atom stereocenters. The molecule has 1 aromatic carbocycles. The normalized spacial score (nSPS) is 13.0. The third kappa shape index (κ3) is 5.15. The van der Waals surface area contributed by atoms with Crippen molar-refractivity contribution in [2.45, 2.75) is 59.4 Å². The van der Waals surface area contributed by atoms with Gasteiger partial charge in [0.2, 0.25) is 0 Å². The Bertz CT molecular complexity index is 366. The summed E-state index contributed by atoms with van der Waals surface area (Å²) in [6.07, 6.45) is 1.11. The first kappa shape index (κ1) is 15.1. The molecule has 1 N–H and O–H groups in total. The van der Waals surface area contributed by atoms with Crippen LogP contribution < -0.4 is 5.32 Å². The summed E-state index contributed by atoms with van der Waals surface area (Å²) in [5.74, 6) is -0.188. The zero-order chi connectivity index (χ0) is 13.5. The lowest BCUT2D eigenvalue weighted by molar-refractivity contribution is 0.0492. The predicted octanol–water partition coefficient (Wildman–Crippen LogP) is 3.64. The number of hydrogen-bond donors (Lipinski definition) is 1. The van der Waals surface area contributed by atoms with Crippen LogP contribution in [0.3, 0.4) is 0 Å². The molecule has 0 fully saturated rings. The van der Waals surface area contributed by atoms with Gasteiger partial charge in [-0.15, -0.1) is 0 Å². The molecule has 1 aromatic rings. The molecule has 2 nitrogen and oxygen atoms in total. The molecule has 0 bridgehead atoms. The fourth-order valence-electron chi connectivity index (χ4n) is 1.52. The van der Waals surface area contributed by atoms with Crippen molar-refractivity contribution in [2.75, 3.05) is 0 Å². The van der Waals surface area contributed by atoms with Crippen molar-refractivity contribution in [3.8, 4) is 0 Å². The molecule has 1 rings (SSSR count). The van der Waals surface area contributed by atoms with Gasteiger partial charge in [-0.25, -0.2) is 4.39 Å². The van der Waals surface area contributed by atoms with E-state index in [1.807, 2.05) is 19.1 Å². The first-order valence-electron chi connectivity index (χ1n) is 6.65. The molecule has 102 valence electrons. The summed E-state index contributed by atoms with van der Waals surface area (Å²) in [5.41, 5.74) is 1.73. The molecular weight excluding hydrogens is 229 g/mol. The molecule has 3 heteroatoms. The average molecular weight is 253 g/mol. The Kier molecular flexibility index (Phi) is 6.30. The minimum Gasteiger partial charge on any atom is -0.374 e. The number of halogens is 1. The summed E-state index contributed by atoms with van der Waals surface area (Å²) in [6.45, 7) is 9.35. The van der Waals surface area contributed by atoms with E-state index >= 15 is 0 Å². The maximum absolute atomic E-state index is 13.6. The molecule has 0 aromatic heterocycles. The average Bonchev–Trinajstić information content (AvgIpc) is 2.35. The summed E-state index contributed by atoms with van der Waals surface area (Å²) < 4.78 is 19.2. The van der Waals surface area contributed by atoms with Crippen molar-refractivity contribution in [1.82, 2.24) is 5.32 Å². The molecule has 18 heavy (non-hydrogen) atoms. The lowest BCUT2D eigenvalue weighted by atomic mass is 10.1. The molecule has 0 aliphatic carbocycles. The zero-order valence-corrected chi connectivity index (χ0v) is 11.8. The van der Waals surface area contributed by atoms with Crippen LogP contribution in [0.2, 0.25) is 0 Å². The molecule has 0 saturated carbocycles.